The van der Waals surface area contributed by atoms with Crippen LogP contribution in [-0.4, -0.2) is 41.6 Å². The maximum absolute atomic E-state index is 10.7. The van der Waals surface area contributed by atoms with Crippen molar-refractivity contribution in [3.63, 3.8) is 0 Å². The summed E-state index contributed by atoms with van der Waals surface area (Å²) in [6.07, 6.45) is 12.6. The van der Waals surface area contributed by atoms with Gasteiger partial charge in [-0.15, -0.1) is 0 Å². The van der Waals surface area contributed by atoms with E-state index in [1.807, 2.05) is 32.1 Å². The molecular formula is C41H38As2F6MoO2P2-. The summed E-state index contributed by atoms with van der Waals surface area (Å²) in [4.78, 5) is 0. The molecule has 5 radical (unpaired) electrons. The van der Waals surface area contributed by atoms with Crippen LogP contribution in [0.15, 0.2) is 152 Å². The topological polar surface area (TPSA) is 39.8 Å². The molecule has 0 atom stereocenters. The Morgan fingerprint density at radius 2 is 0.611 bits per heavy atom. The second-order valence-electron chi connectivity index (χ2n) is 10.9. The molecule has 0 bridgehead atoms. The van der Waals surface area contributed by atoms with Crippen LogP contribution in [0.25, 0.3) is 0 Å². The van der Waals surface area contributed by atoms with Crippen molar-refractivity contribution in [3.05, 3.63) is 197 Å². The Labute approximate surface area is 340 Å². The van der Waals surface area contributed by atoms with Crippen molar-refractivity contribution in [3.8, 4) is 0 Å². The molecule has 0 amide bonds. The zero-order valence-corrected chi connectivity index (χ0v) is 36.5. The van der Waals surface area contributed by atoms with Crippen molar-refractivity contribution in [1.29, 1.82) is 0 Å². The van der Waals surface area contributed by atoms with Gasteiger partial charge in [0.25, 0.3) is 0 Å². The molecule has 1 fully saturated rings. The molecule has 13 heteroatoms. The average Bonchev–Trinajstić information content (AvgIpc) is 3.78. The Balaban J connectivity index is 0.000000724. The summed E-state index contributed by atoms with van der Waals surface area (Å²) >= 11 is -2.71. The van der Waals surface area contributed by atoms with Crippen LogP contribution in [0.5, 0.6) is 0 Å². The van der Waals surface area contributed by atoms with E-state index in [0.717, 1.165) is 0 Å². The van der Waals surface area contributed by atoms with Gasteiger partial charge in [0.15, 0.2) is 0 Å². The molecule has 0 aromatic heterocycles. The molecule has 54 heavy (non-hydrogen) atoms. The standard InChI is InChI=1S/C34H33As2P.C5H5.2CO.F6P.Mo/c1-6-16-30(17-7-1)35(31-18-8-2-9-19-31)26-28-37(34-24-14-5-15-25-34)29-27-36(32-20-10-3-11-21-32)33-22-12-4-13-23-33;1-2-4-5-3-1;2*1-2;1-7(2,3,4,5)6;/h1-25H,26-29H2;1-5H;;;;/q;;;;-1;. The Hall–Kier alpha value is -2.17. The maximum atomic E-state index is 9.87. The quantitative estimate of drug-likeness (QED) is 0.0416. The first-order chi connectivity index (χ1) is 25.3. The van der Waals surface area contributed by atoms with E-state index >= 15 is 0 Å². The first-order valence-electron chi connectivity index (χ1n) is 16.0. The molecule has 0 spiro atoms. The van der Waals surface area contributed by atoms with Crippen LogP contribution in [-0.2, 0) is 30.4 Å². The van der Waals surface area contributed by atoms with Gasteiger partial charge in [-0.2, -0.15) is 0 Å². The van der Waals surface area contributed by atoms with Gasteiger partial charge in [0.1, 0.15) is 0 Å². The molecule has 1 aliphatic carbocycles. The fraction of sp³-hybridized carbons (Fsp3) is 0.0976. The van der Waals surface area contributed by atoms with Crippen molar-refractivity contribution in [2.24, 2.45) is 0 Å². The number of halogens is 6. The molecular weight excluding hydrogens is 946 g/mol. The molecule has 5 aromatic carbocycles. The minimum atomic E-state index is -10.7. The zero-order valence-electron chi connectivity index (χ0n) is 28.9. The second-order valence-corrected chi connectivity index (χ2v) is 25.1. The summed E-state index contributed by atoms with van der Waals surface area (Å²) in [6, 6.07) is 56.7. The molecule has 0 unspecified atom stereocenters. The van der Waals surface area contributed by atoms with Crippen LogP contribution in [0.3, 0.4) is 0 Å². The van der Waals surface area contributed by atoms with Crippen LogP contribution >= 0.6 is 15.7 Å². The molecule has 1 saturated carbocycles. The SMILES string of the molecule is F[P-](F)(F)(F)(F)F.[C-]#[O+].[C-]#[O+].[CH]1[CH][CH][CH][CH]1.[Mo].c1ccc(P(CC[As](c2ccccc2)c2ccccc2)CC[As](c2ccccc2)c2ccccc2)cc1. The summed E-state index contributed by atoms with van der Waals surface area (Å²) in [6.45, 7) is 9.00. The number of rotatable bonds is 11. The van der Waals surface area contributed by atoms with E-state index in [1.165, 1.54) is 22.7 Å². The molecule has 283 valence electrons. The van der Waals surface area contributed by atoms with E-state index < -0.39 is 37.1 Å². The molecule has 0 N–H and O–H groups in total. The second kappa shape index (κ2) is 25.2. The van der Waals surface area contributed by atoms with Crippen LogP contribution in [0.4, 0.5) is 25.2 Å². The van der Waals surface area contributed by atoms with E-state index in [1.54, 1.807) is 22.7 Å². The van der Waals surface area contributed by atoms with Gasteiger partial charge in [0.2, 0.25) is 0 Å². The normalized spacial score (nSPS) is 13.1. The first kappa shape index (κ1) is 49.8. The fourth-order valence-corrected chi connectivity index (χ4v) is 20.7. The minimum absolute atomic E-state index is 0. The molecule has 0 heterocycles. The molecule has 2 nitrogen and oxygen atoms in total. The van der Waals surface area contributed by atoms with Crippen LogP contribution in [0, 0.1) is 45.4 Å². The van der Waals surface area contributed by atoms with Gasteiger partial charge >= 0.3 is 290 Å². The Morgan fingerprint density at radius 3 is 0.833 bits per heavy atom. The van der Waals surface area contributed by atoms with Crippen molar-refractivity contribution in [2.75, 3.05) is 12.3 Å². The molecule has 5 aromatic rings. The third-order valence-electron chi connectivity index (χ3n) is 7.14. The van der Waals surface area contributed by atoms with Gasteiger partial charge in [-0.25, -0.2) is 0 Å². The molecule has 1 aliphatic rings. The van der Waals surface area contributed by atoms with E-state index in [4.69, 9.17) is 9.30 Å². The van der Waals surface area contributed by atoms with Crippen molar-refractivity contribution in [1.82, 2.24) is 0 Å². The van der Waals surface area contributed by atoms with Crippen LogP contribution < -0.4 is 22.7 Å². The van der Waals surface area contributed by atoms with E-state index in [-0.39, 0.29) is 29.0 Å². The number of hydrogen-bond acceptors (Lipinski definition) is 0. The van der Waals surface area contributed by atoms with E-state index in [0.29, 0.717) is 0 Å². The monoisotopic (exact) mass is 986 g/mol. The van der Waals surface area contributed by atoms with Crippen molar-refractivity contribution in [2.45, 2.75) is 10.4 Å². The van der Waals surface area contributed by atoms with Gasteiger partial charge in [-0.3, -0.25) is 0 Å². The van der Waals surface area contributed by atoms with Gasteiger partial charge in [0.05, 0.1) is 0 Å². The number of hydrogen-bond donors (Lipinski definition) is 0. The van der Waals surface area contributed by atoms with Gasteiger partial charge in [-0.1, -0.05) is 0 Å². The predicted octanol–water partition coefficient (Wildman–Crippen LogP) is 9.74. The van der Waals surface area contributed by atoms with E-state index in [2.05, 4.69) is 165 Å². The summed E-state index contributed by atoms with van der Waals surface area (Å²) in [5.74, 6) is 0. The van der Waals surface area contributed by atoms with Gasteiger partial charge < -0.3 is 0 Å². The zero-order chi connectivity index (χ0) is 39.1. The first-order valence-corrected chi connectivity index (χ1v) is 26.2. The Kier molecular flexibility index (Phi) is 23.2. The third kappa shape index (κ3) is 22.4. The summed E-state index contributed by atoms with van der Waals surface area (Å²) in [5, 5.41) is 4.22. The molecule has 0 saturated heterocycles. The van der Waals surface area contributed by atoms with Gasteiger partial charge in [0, 0.05) is 21.1 Å². The molecule has 6 rings (SSSR count). The number of benzene rings is 5. The van der Waals surface area contributed by atoms with Crippen molar-refractivity contribution >= 4 is 67.7 Å². The van der Waals surface area contributed by atoms with E-state index in [9.17, 15) is 25.2 Å². The predicted molar refractivity (Wildman–Crippen MR) is 211 cm³/mol. The molecule has 0 aliphatic heterocycles. The average molecular weight is 984 g/mol. The van der Waals surface area contributed by atoms with Crippen LogP contribution in [0.1, 0.15) is 0 Å². The van der Waals surface area contributed by atoms with Gasteiger partial charge in [-0.05, 0) is 32.1 Å². The third-order valence-corrected chi connectivity index (χ3v) is 21.8. The Morgan fingerprint density at radius 1 is 0.407 bits per heavy atom. The fourth-order valence-electron chi connectivity index (χ4n) is 5.02. The summed E-state index contributed by atoms with van der Waals surface area (Å²) in [5.41, 5.74) is 0. The van der Waals surface area contributed by atoms with Crippen molar-refractivity contribution < 1.29 is 55.6 Å². The Bertz CT molecular complexity index is 1550. The summed E-state index contributed by atoms with van der Waals surface area (Å²) in [7, 11) is -10.9. The van der Waals surface area contributed by atoms with Crippen LogP contribution in [0.2, 0.25) is 10.4 Å². The summed E-state index contributed by atoms with van der Waals surface area (Å²) < 4.78 is 80.5.